The molecule has 2 N–H and O–H groups in total. The minimum Gasteiger partial charge on any atom is -0.508 e. The van der Waals surface area contributed by atoms with Crippen LogP contribution in [0.1, 0.15) is 25.1 Å². The molecule has 0 bridgehead atoms. The smallest absolute Gasteiger partial charge is 0.349 e. The number of aromatic amines is 1. The third-order valence-electron chi connectivity index (χ3n) is 3.99. The summed E-state index contributed by atoms with van der Waals surface area (Å²) in [6, 6.07) is 8.13. The van der Waals surface area contributed by atoms with Gasteiger partial charge in [-0.25, -0.2) is 9.18 Å². The van der Waals surface area contributed by atoms with Crippen LogP contribution in [0.4, 0.5) is 4.39 Å². The maximum Gasteiger partial charge on any atom is 0.349 e. The predicted octanol–water partition coefficient (Wildman–Crippen LogP) is 3.80. The van der Waals surface area contributed by atoms with Gasteiger partial charge < -0.3 is 9.84 Å². The third-order valence-corrected chi connectivity index (χ3v) is 4.55. The molecule has 0 saturated carbocycles. The third kappa shape index (κ3) is 4.15. The number of halogens is 3. The van der Waals surface area contributed by atoms with Crippen LogP contribution in [0.25, 0.3) is 5.69 Å². The normalized spacial score (nSPS) is 11.2. The molecular formula is C19H13Cl2FN4O4. The molecule has 0 aliphatic heterocycles. The van der Waals surface area contributed by atoms with E-state index in [0.717, 1.165) is 4.68 Å². The number of nitrogens with one attached hydrogen (secondary N) is 1. The van der Waals surface area contributed by atoms with Crippen molar-refractivity contribution in [1.82, 2.24) is 14.8 Å². The topological polar surface area (TPSA) is 121 Å². The lowest BCUT2D eigenvalue weighted by Gasteiger charge is -2.18. The van der Waals surface area contributed by atoms with Gasteiger partial charge in [0.2, 0.25) is 5.69 Å². The molecule has 3 aromatic rings. The highest BCUT2D eigenvalue weighted by Gasteiger charge is 2.24. The Bertz CT molecular complexity index is 1280. The van der Waals surface area contributed by atoms with Gasteiger partial charge in [0.05, 0.1) is 15.7 Å². The molecule has 8 nitrogen and oxygen atoms in total. The number of nitriles is 1. The molecule has 154 valence electrons. The van der Waals surface area contributed by atoms with Gasteiger partial charge in [-0.1, -0.05) is 23.2 Å². The highest BCUT2D eigenvalue weighted by molar-refractivity contribution is 6.37. The van der Waals surface area contributed by atoms with Gasteiger partial charge in [-0.3, -0.25) is 9.78 Å². The highest BCUT2D eigenvalue weighted by atomic mass is 35.5. The van der Waals surface area contributed by atoms with E-state index in [1.807, 2.05) is 4.98 Å². The molecule has 0 spiro atoms. The van der Waals surface area contributed by atoms with E-state index < -0.39 is 22.6 Å². The van der Waals surface area contributed by atoms with Gasteiger partial charge in [0.15, 0.2) is 5.75 Å². The number of rotatable bonds is 4. The summed E-state index contributed by atoms with van der Waals surface area (Å²) >= 11 is 12.5. The van der Waals surface area contributed by atoms with Crippen LogP contribution < -0.4 is 16.0 Å². The quantitative estimate of drug-likeness (QED) is 0.623. The van der Waals surface area contributed by atoms with Crippen molar-refractivity contribution in [3.05, 3.63) is 72.5 Å². The Balaban J connectivity index is 2.05. The van der Waals surface area contributed by atoms with Crippen LogP contribution in [0.3, 0.4) is 0 Å². The standard InChI is InChI=1S/C19H13Cl2FN4O4/c1-19(2,22)11-7-10(3-4-15(11)27)30-16-12(20)5-9(6-13(16)21)26-18(29)24-17(28)14(8-23)25-26/h3-7,27H,1-2H3,(H,24,28,29). The number of aromatic hydroxyl groups is 1. The zero-order valence-electron chi connectivity index (χ0n) is 15.5. The Labute approximate surface area is 178 Å². The van der Waals surface area contributed by atoms with Crippen LogP contribution in [0.15, 0.2) is 39.9 Å². The van der Waals surface area contributed by atoms with Gasteiger partial charge >= 0.3 is 5.69 Å². The van der Waals surface area contributed by atoms with Crippen molar-refractivity contribution in [2.75, 3.05) is 0 Å². The first-order valence-corrected chi connectivity index (χ1v) is 9.10. The number of alkyl halides is 1. The number of H-pyrrole nitrogens is 1. The summed E-state index contributed by atoms with van der Waals surface area (Å²) in [5.74, 6) is -0.0660. The maximum absolute atomic E-state index is 14.3. The summed E-state index contributed by atoms with van der Waals surface area (Å²) in [6.07, 6.45) is 0. The lowest BCUT2D eigenvalue weighted by Crippen LogP contribution is -2.33. The second-order valence-corrected chi connectivity index (χ2v) is 7.44. The van der Waals surface area contributed by atoms with Crippen molar-refractivity contribution in [2.45, 2.75) is 19.5 Å². The van der Waals surface area contributed by atoms with Gasteiger partial charge in [0.25, 0.3) is 5.56 Å². The number of hydrogen-bond acceptors (Lipinski definition) is 6. The highest BCUT2D eigenvalue weighted by Crippen LogP contribution is 2.40. The van der Waals surface area contributed by atoms with Crippen LogP contribution in [-0.4, -0.2) is 19.9 Å². The van der Waals surface area contributed by atoms with E-state index in [2.05, 4.69) is 5.10 Å². The number of aromatic nitrogens is 3. The van der Waals surface area contributed by atoms with Crippen molar-refractivity contribution < 1.29 is 14.2 Å². The summed E-state index contributed by atoms with van der Waals surface area (Å²) in [5, 5.41) is 22.4. The fraction of sp³-hybridized carbons (Fsp3) is 0.158. The summed E-state index contributed by atoms with van der Waals surface area (Å²) in [7, 11) is 0. The number of nitrogens with zero attached hydrogens (tertiary/aromatic N) is 3. The van der Waals surface area contributed by atoms with Crippen LogP contribution >= 0.6 is 23.2 Å². The minimum absolute atomic E-state index is 0.00775. The summed E-state index contributed by atoms with van der Waals surface area (Å²) in [4.78, 5) is 25.5. The van der Waals surface area contributed by atoms with Gasteiger partial charge in [-0.05, 0) is 44.2 Å². The predicted molar refractivity (Wildman–Crippen MR) is 108 cm³/mol. The largest absolute Gasteiger partial charge is 0.508 e. The molecule has 0 aliphatic rings. The minimum atomic E-state index is -1.82. The van der Waals surface area contributed by atoms with Crippen molar-refractivity contribution in [3.8, 4) is 29.0 Å². The van der Waals surface area contributed by atoms with Crippen LogP contribution in [-0.2, 0) is 5.67 Å². The SMILES string of the molecule is CC(C)(F)c1cc(Oc2c(Cl)cc(-n3nc(C#N)c(=O)[nH]c3=O)cc2Cl)ccc1O. The summed E-state index contributed by atoms with van der Waals surface area (Å²) in [6.45, 7) is 2.57. The lowest BCUT2D eigenvalue weighted by molar-refractivity contribution is 0.214. The molecule has 3 rings (SSSR count). The Morgan fingerprint density at radius 3 is 2.43 bits per heavy atom. The molecule has 0 fully saturated rings. The molecule has 2 aromatic carbocycles. The first-order chi connectivity index (χ1) is 14.0. The Morgan fingerprint density at radius 2 is 1.87 bits per heavy atom. The molecule has 0 saturated heterocycles. The molecule has 0 radical (unpaired) electrons. The van der Waals surface area contributed by atoms with Crippen molar-refractivity contribution in [3.63, 3.8) is 0 Å². The average molecular weight is 451 g/mol. The fourth-order valence-corrected chi connectivity index (χ4v) is 3.14. The average Bonchev–Trinajstić information content (AvgIpc) is 2.65. The number of phenolic OH excluding ortho intramolecular Hbond substituents is 1. The van der Waals surface area contributed by atoms with Crippen LogP contribution in [0.2, 0.25) is 10.0 Å². The van der Waals surface area contributed by atoms with E-state index >= 15 is 0 Å². The maximum atomic E-state index is 14.3. The fourth-order valence-electron chi connectivity index (χ4n) is 2.59. The monoisotopic (exact) mass is 450 g/mol. The van der Waals surface area contributed by atoms with Crippen LogP contribution in [0, 0.1) is 11.3 Å². The number of benzene rings is 2. The first kappa shape index (κ1) is 21.4. The van der Waals surface area contributed by atoms with Gasteiger partial charge in [-0.2, -0.15) is 9.94 Å². The van der Waals surface area contributed by atoms with E-state index in [4.69, 9.17) is 33.2 Å². The van der Waals surface area contributed by atoms with Crippen molar-refractivity contribution >= 4 is 23.2 Å². The van der Waals surface area contributed by atoms with Crippen molar-refractivity contribution in [1.29, 1.82) is 5.26 Å². The summed E-state index contributed by atoms with van der Waals surface area (Å²) in [5.41, 5.74) is -4.07. The molecule has 0 unspecified atom stereocenters. The lowest BCUT2D eigenvalue weighted by atomic mass is 9.99. The molecule has 0 aliphatic carbocycles. The van der Waals surface area contributed by atoms with Crippen LogP contribution in [0.5, 0.6) is 17.2 Å². The number of ether oxygens (including phenoxy) is 1. The van der Waals surface area contributed by atoms with Crippen molar-refractivity contribution in [2.24, 2.45) is 0 Å². The number of phenols is 1. The van der Waals surface area contributed by atoms with E-state index in [1.165, 1.54) is 44.2 Å². The second-order valence-electron chi connectivity index (χ2n) is 6.62. The molecule has 30 heavy (non-hydrogen) atoms. The van der Waals surface area contributed by atoms with E-state index in [9.17, 15) is 19.1 Å². The molecular weight excluding hydrogens is 438 g/mol. The Hall–Kier alpha value is -3.35. The molecule has 0 amide bonds. The van der Waals surface area contributed by atoms with E-state index in [0.29, 0.717) is 0 Å². The summed E-state index contributed by atoms with van der Waals surface area (Å²) < 4.78 is 20.7. The Morgan fingerprint density at radius 1 is 1.23 bits per heavy atom. The molecule has 1 heterocycles. The first-order valence-electron chi connectivity index (χ1n) is 8.34. The number of hydrogen-bond donors (Lipinski definition) is 2. The zero-order valence-corrected chi connectivity index (χ0v) is 17.0. The van der Waals surface area contributed by atoms with Gasteiger partial charge in [-0.15, -0.1) is 5.10 Å². The Kier molecular flexibility index (Phi) is 5.57. The second kappa shape index (κ2) is 7.82. The van der Waals surface area contributed by atoms with Gasteiger partial charge in [0, 0.05) is 5.56 Å². The molecule has 11 heteroatoms. The molecule has 0 atom stereocenters. The molecule has 1 aromatic heterocycles. The zero-order chi connectivity index (χ0) is 22.2. The van der Waals surface area contributed by atoms with E-state index in [-0.39, 0.29) is 38.5 Å². The van der Waals surface area contributed by atoms with Gasteiger partial charge in [0.1, 0.15) is 23.2 Å². The van der Waals surface area contributed by atoms with E-state index in [1.54, 1.807) is 6.07 Å².